The Kier molecular flexibility index (Phi) is 5.75. The van der Waals surface area contributed by atoms with Crippen molar-refractivity contribution in [2.24, 2.45) is 0 Å². The molecular weight excluding hydrogens is 351 g/mol. The van der Waals surface area contributed by atoms with E-state index in [4.69, 9.17) is 16.1 Å². The second-order valence-corrected chi connectivity index (χ2v) is 8.51. The van der Waals surface area contributed by atoms with Gasteiger partial charge in [-0.15, -0.1) is 0 Å². The van der Waals surface area contributed by atoms with Gasteiger partial charge in [0.05, 0.1) is 23.1 Å². The first-order chi connectivity index (χ1) is 12.1. The molecule has 0 N–H and O–H groups in total. The lowest BCUT2D eigenvalue weighted by Gasteiger charge is -2.22. The lowest BCUT2D eigenvalue weighted by molar-refractivity contribution is 0.340. The van der Waals surface area contributed by atoms with E-state index in [0.717, 1.165) is 16.7 Å². The van der Waals surface area contributed by atoms with Crippen molar-refractivity contribution < 1.29 is 9.09 Å². The molecule has 2 nitrogen and oxygen atoms in total. The monoisotopic (exact) mass is 370 g/mol. The molecule has 0 heterocycles. The molecule has 0 aliphatic heterocycles. The fraction of sp³-hybridized carbons (Fsp3) is 0.143. The van der Waals surface area contributed by atoms with Crippen LogP contribution in [0.25, 0.3) is 11.1 Å². The van der Waals surface area contributed by atoms with Gasteiger partial charge in [0.1, 0.15) is 0 Å². The Hall–Kier alpha value is -1.86. The number of benzene rings is 3. The summed E-state index contributed by atoms with van der Waals surface area (Å²) < 4.78 is 19.7. The van der Waals surface area contributed by atoms with Crippen LogP contribution in [0.3, 0.4) is 0 Å². The predicted molar refractivity (Wildman–Crippen MR) is 106 cm³/mol. The predicted octanol–water partition coefficient (Wildman–Crippen LogP) is 6.15. The topological polar surface area (TPSA) is 26.3 Å². The molecule has 4 heteroatoms. The van der Waals surface area contributed by atoms with Crippen LogP contribution in [-0.2, 0) is 15.3 Å². The summed E-state index contributed by atoms with van der Waals surface area (Å²) in [5.74, 6) is 0. The third-order valence-corrected chi connectivity index (χ3v) is 7.05. The summed E-state index contributed by atoms with van der Waals surface area (Å²) in [4.78, 5) is 0. The standard InChI is InChI=1S/C21H20ClO2P/c1-2-24-25(23,16-17-10-5-3-6-11-17)21-19(14-9-15-20(21)22)18-12-7-4-8-13-18/h3-15H,2,16H2,1H3. The van der Waals surface area contributed by atoms with Gasteiger partial charge in [0.15, 0.2) is 0 Å². The van der Waals surface area contributed by atoms with E-state index < -0.39 is 7.37 Å². The van der Waals surface area contributed by atoms with Gasteiger partial charge in [-0.2, -0.15) is 0 Å². The van der Waals surface area contributed by atoms with Crippen LogP contribution in [-0.4, -0.2) is 6.61 Å². The molecule has 3 aromatic carbocycles. The molecule has 0 saturated carbocycles. The van der Waals surface area contributed by atoms with Gasteiger partial charge >= 0.3 is 0 Å². The van der Waals surface area contributed by atoms with Crippen molar-refractivity contribution in [3.63, 3.8) is 0 Å². The highest BCUT2D eigenvalue weighted by Crippen LogP contribution is 2.52. The van der Waals surface area contributed by atoms with Gasteiger partial charge in [0, 0.05) is 0 Å². The van der Waals surface area contributed by atoms with Gasteiger partial charge in [0.25, 0.3) is 0 Å². The normalized spacial score (nSPS) is 13.4. The molecule has 0 aromatic heterocycles. The summed E-state index contributed by atoms with van der Waals surface area (Å²) in [6.07, 6.45) is 0.325. The summed E-state index contributed by atoms with van der Waals surface area (Å²) >= 11 is 6.51. The highest BCUT2D eigenvalue weighted by Gasteiger charge is 2.31. The van der Waals surface area contributed by atoms with E-state index in [1.54, 1.807) is 6.07 Å². The Morgan fingerprint density at radius 1 is 0.880 bits per heavy atom. The highest BCUT2D eigenvalue weighted by molar-refractivity contribution is 7.66. The molecule has 3 aromatic rings. The van der Waals surface area contributed by atoms with Crippen molar-refractivity contribution in [1.82, 2.24) is 0 Å². The number of halogens is 1. The molecule has 0 saturated heterocycles. The maximum absolute atomic E-state index is 13.9. The van der Waals surface area contributed by atoms with Crippen LogP contribution < -0.4 is 5.30 Å². The molecule has 0 radical (unpaired) electrons. The minimum Gasteiger partial charge on any atom is -0.325 e. The van der Waals surface area contributed by atoms with E-state index in [9.17, 15) is 4.57 Å². The van der Waals surface area contributed by atoms with Gasteiger partial charge in [0.2, 0.25) is 7.37 Å². The van der Waals surface area contributed by atoms with Crippen molar-refractivity contribution in [1.29, 1.82) is 0 Å². The van der Waals surface area contributed by atoms with Crippen LogP contribution in [0.15, 0.2) is 78.9 Å². The maximum Gasteiger partial charge on any atom is 0.238 e. The average molecular weight is 371 g/mol. The Balaban J connectivity index is 2.15. The van der Waals surface area contributed by atoms with E-state index in [1.165, 1.54) is 0 Å². The molecule has 1 atom stereocenters. The van der Waals surface area contributed by atoms with E-state index >= 15 is 0 Å². The van der Waals surface area contributed by atoms with Gasteiger partial charge in [-0.05, 0) is 29.7 Å². The van der Waals surface area contributed by atoms with Crippen LogP contribution in [0.2, 0.25) is 5.02 Å². The van der Waals surface area contributed by atoms with Gasteiger partial charge in [-0.1, -0.05) is 84.4 Å². The Morgan fingerprint density at radius 2 is 1.52 bits per heavy atom. The van der Waals surface area contributed by atoms with Gasteiger partial charge in [-0.3, -0.25) is 4.57 Å². The van der Waals surface area contributed by atoms with Crippen molar-refractivity contribution in [2.75, 3.05) is 6.61 Å². The van der Waals surface area contributed by atoms with Crippen molar-refractivity contribution in [2.45, 2.75) is 13.1 Å². The van der Waals surface area contributed by atoms with Crippen molar-refractivity contribution >= 4 is 24.3 Å². The number of hydrogen-bond acceptors (Lipinski definition) is 2. The maximum atomic E-state index is 13.9. The molecule has 0 aliphatic carbocycles. The summed E-state index contributed by atoms with van der Waals surface area (Å²) in [7, 11) is -3.17. The zero-order valence-electron chi connectivity index (χ0n) is 14.1. The van der Waals surface area contributed by atoms with E-state index in [0.29, 0.717) is 23.1 Å². The minimum atomic E-state index is -3.17. The van der Waals surface area contributed by atoms with Crippen LogP contribution >= 0.6 is 19.0 Å². The average Bonchev–Trinajstić information content (AvgIpc) is 2.63. The fourth-order valence-electron chi connectivity index (χ4n) is 2.93. The van der Waals surface area contributed by atoms with Crippen LogP contribution in [0.1, 0.15) is 12.5 Å². The molecule has 128 valence electrons. The summed E-state index contributed by atoms with van der Waals surface area (Å²) in [6, 6.07) is 25.2. The Morgan fingerprint density at radius 3 is 2.16 bits per heavy atom. The first-order valence-electron chi connectivity index (χ1n) is 8.26. The van der Waals surface area contributed by atoms with Crippen LogP contribution in [0, 0.1) is 0 Å². The Bertz CT molecular complexity index is 879. The van der Waals surface area contributed by atoms with E-state index in [-0.39, 0.29) is 0 Å². The van der Waals surface area contributed by atoms with E-state index in [2.05, 4.69) is 0 Å². The second kappa shape index (κ2) is 8.01. The van der Waals surface area contributed by atoms with Crippen molar-refractivity contribution in [3.05, 3.63) is 89.4 Å². The zero-order chi connectivity index (χ0) is 17.7. The lowest BCUT2D eigenvalue weighted by Crippen LogP contribution is -2.14. The number of hydrogen-bond donors (Lipinski definition) is 0. The van der Waals surface area contributed by atoms with Crippen LogP contribution in [0.5, 0.6) is 0 Å². The lowest BCUT2D eigenvalue weighted by atomic mass is 10.1. The molecule has 0 aliphatic rings. The molecule has 3 rings (SSSR count). The van der Waals surface area contributed by atoms with Gasteiger partial charge < -0.3 is 4.52 Å². The minimum absolute atomic E-state index is 0.325. The molecule has 0 fully saturated rings. The quantitative estimate of drug-likeness (QED) is 0.486. The third kappa shape index (κ3) is 4.04. The zero-order valence-corrected chi connectivity index (χ0v) is 15.7. The molecule has 0 bridgehead atoms. The highest BCUT2D eigenvalue weighted by atomic mass is 35.5. The summed E-state index contributed by atoms with van der Waals surface area (Å²) in [5, 5.41) is 1.09. The molecular formula is C21H20ClO2P. The third-order valence-electron chi connectivity index (χ3n) is 3.98. The van der Waals surface area contributed by atoms with Crippen molar-refractivity contribution in [3.8, 4) is 11.1 Å². The summed E-state index contributed by atoms with van der Waals surface area (Å²) in [6.45, 7) is 2.22. The smallest absolute Gasteiger partial charge is 0.238 e. The fourth-order valence-corrected chi connectivity index (χ4v) is 5.95. The summed E-state index contributed by atoms with van der Waals surface area (Å²) in [5.41, 5.74) is 2.81. The molecule has 0 spiro atoms. The van der Waals surface area contributed by atoms with E-state index in [1.807, 2.05) is 79.7 Å². The first kappa shape index (κ1) is 17.9. The second-order valence-electron chi connectivity index (χ2n) is 5.74. The van der Waals surface area contributed by atoms with Crippen LogP contribution in [0.4, 0.5) is 0 Å². The van der Waals surface area contributed by atoms with Gasteiger partial charge in [-0.25, -0.2) is 0 Å². The largest absolute Gasteiger partial charge is 0.325 e. The molecule has 25 heavy (non-hydrogen) atoms. The first-order valence-corrected chi connectivity index (χ1v) is 10.4. The SMILES string of the molecule is CCOP(=O)(Cc1ccccc1)c1c(Cl)cccc1-c1ccccc1. The number of rotatable bonds is 6. The molecule has 1 unspecified atom stereocenters. The Labute approximate surface area is 153 Å². The molecule has 0 amide bonds.